The molecule has 2 heterocycles. The summed E-state index contributed by atoms with van der Waals surface area (Å²) >= 11 is 0. The van der Waals surface area contributed by atoms with Crippen molar-refractivity contribution in [3.8, 4) is 11.5 Å². The Hall–Kier alpha value is -1.41. The van der Waals surface area contributed by atoms with Gasteiger partial charge in [0.05, 0.1) is 6.20 Å². The van der Waals surface area contributed by atoms with Crippen LogP contribution in [-0.4, -0.2) is 28.6 Å². The van der Waals surface area contributed by atoms with E-state index < -0.39 is 9.05 Å². The van der Waals surface area contributed by atoms with Gasteiger partial charge >= 0.3 is 0 Å². The number of aromatic nitrogens is 4. The van der Waals surface area contributed by atoms with Gasteiger partial charge in [-0.25, -0.2) is 8.42 Å². The quantitative estimate of drug-likeness (QED) is 0.774. The van der Waals surface area contributed by atoms with Gasteiger partial charge in [-0.05, 0) is 6.92 Å². The van der Waals surface area contributed by atoms with E-state index in [1.807, 2.05) is 6.92 Å². The summed E-state index contributed by atoms with van der Waals surface area (Å²) < 4.78 is 28.3. The molecule has 0 spiro atoms. The molecule has 2 aromatic heterocycles. The lowest BCUT2D eigenvalue weighted by molar-refractivity contribution is 0.424. The van der Waals surface area contributed by atoms with E-state index >= 15 is 0 Å². The first-order chi connectivity index (χ1) is 7.98. The van der Waals surface area contributed by atoms with E-state index in [1.165, 1.54) is 6.07 Å². The van der Waals surface area contributed by atoms with Gasteiger partial charge in [-0.3, -0.25) is 4.68 Å². The van der Waals surface area contributed by atoms with Crippen molar-refractivity contribution in [2.45, 2.75) is 19.2 Å². The highest BCUT2D eigenvalue weighted by Crippen LogP contribution is 2.19. The zero-order chi connectivity index (χ0) is 12.5. The van der Waals surface area contributed by atoms with Crippen molar-refractivity contribution >= 4 is 19.7 Å². The largest absolute Gasteiger partial charge is 0.354 e. The first-order valence-electron chi connectivity index (χ1n) is 4.76. The molecule has 2 rings (SSSR count). The maximum absolute atomic E-state index is 10.8. The second-order valence-electron chi connectivity index (χ2n) is 3.33. The molecule has 92 valence electrons. The number of halogens is 1. The van der Waals surface area contributed by atoms with Crippen molar-refractivity contribution in [3.05, 3.63) is 18.0 Å². The third-order valence-electron chi connectivity index (χ3n) is 1.99. The molecule has 0 bridgehead atoms. The summed E-state index contributed by atoms with van der Waals surface area (Å²) in [6.07, 6.45) is 1.68. The Morgan fingerprint density at radius 3 is 2.88 bits per heavy atom. The van der Waals surface area contributed by atoms with Crippen LogP contribution in [0.1, 0.15) is 12.6 Å². The van der Waals surface area contributed by atoms with Gasteiger partial charge in [0.15, 0.2) is 11.5 Å². The number of hydrogen-bond acceptors (Lipinski definition) is 6. The molecule has 0 unspecified atom stereocenters. The summed E-state index contributed by atoms with van der Waals surface area (Å²) in [4.78, 5) is 0. The summed E-state index contributed by atoms with van der Waals surface area (Å²) in [5, 5.41) is 11.3. The molecule has 0 fully saturated rings. The smallest absolute Gasteiger partial charge is 0.238 e. The molecule has 0 aliphatic rings. The molecule has 7 nitrogen and oxygen atoms in total. The van der Waals surface area contributed by atoms with Crippen molar-refractivity contribution in [1.29, 1.82) is 0 Å². The van der Waals surface area contributed by atoms with Gasteiger partial charge in [0.25, 0.3) is 0 Å². The zero-order valence-electron chi connectivity index (χ0n) is 8.87. The highest BCUT2D eigenvalue weighted by atomic mass is 35.7. The SMILES string of the molecule is CCn1cc(-c2cc(CS(=O)(=O)Cl)no2)nn1. The van der Waals surface area contributed by atoms with E-state index in [9.17, 15) is 8.42 Å². The van der Waals surface area contributed by atoms with Crippen LogP contribution >= 0.6 is 10.7 Å². The van der Waals surface area contributed by atoms with Gasteiger partial charge in [-0.2, -0.15) is 0 Å². The second kappa shape index (κ2) is 4.46. The third kappa shape index (κ3) is 3.04. The molecular weight excluding hydrogens is 268 g/mol. The molecule has 0 atom stereocenters. The van der Waals surface area contributed by atoms with Gasteiger partial charge in [0, 0.05) is 23.3 Å². The lowest BCUT2D eigenvalue weighted by Gasteiger charge is -1.87. The van der Waals surface area contributed by atoms with Crippen LogP contribution in [0.15, 0.2) is 16.8 Å². The summed E-state index contributed by atoms with van der Waals surface area (Å²) in [5.41, 5.74) is 0.735. The van der Waals surface area contributed by atoms with Crippen LogP contribution in [-0.2, 0) is 21.3 Å². The predicted octanol–water partition coefficient (Wildman–Crippen LogP) is 1.02. The van der Waals surface area contributed by atoms with Crippen LogP contribution in [0.4, 0.5) is 0 Å². The standard InChI is InChI=1S/C8H9ClN4O3S/c1-2-13-4-7(10-12-13)8-3-6(11-16-8)5-17(9,14)15/h3-4H,2,5H2,1H3. The average molecular weight is 277 g/mol. The minimum absolute atomic E-state index is 0.237. The van der Waals surface area contributed by atoms with Crippen molar-refractivity contribution in [3.63, 3.8) is 0 Å². The Labute approximate surface area is 102 Å². The highest BCUT2D eigenvalue weighted by Gasteiger charge is 2.15. The normalized spacial score (nSPS) is 11.9. The van der Waals surface area contributed by atoms with Gasteiger partial charge < -0.3 is 4.52 Å². The monoisotopic (exact) mass is 276 g/mol. The molecule has 0 aromatic carbocycles. The zero-order valence-corrected chi connectivity index (χ0v) is 10.4. The minimum atomic E-state index is -3.64. The Morgan fingerprint density at radius 1 is 1.53 bits per heavy atom. The van der Waals surface area contributed by atoms with Crippen LogP contribution in [0.25, 0.3) is 11.5 Å². The fraction of sp³-hybridized carbons (Fsp3) is 0.375. The molecular formula is C8H9ClN4O3S. The van der Waals surface area contributed by atoms with Crippen molar-refractivity contribution in [2.24, 2.45) is 0 Å². The van der Waals surface area contributed by atoms with Crippen molar-refractivity contribution < 1.29 is 12.9 Å². The first-order valence-corrected chi connectivity index (χ1v) is 7.24. The molecule has 0 N–H and O–H groups in total. The fourth-order valence-corrected chi connectivity index (χ4v) is 2.07. The number of hydrogen-bond donors (Lipinski definition) is 0. The van der Waals surface area contributed by atoms with Crippen LogP contribution < -0.4 is 0 Å². The summed E-state index contributed by atoms with van der Waals surface area (Å²) in [7, 11) is 1.47. The van der Waals surface area contributed by atoms with E-state index in [2.05, 4.69) is 15.5 Å². The molecule has 0 aliphatic carbocycles. The number of aryl methyl sites for hydroxylation is 1. The van der Waals surface area contributed by atoms with Gasteiger partial charge in [0.1, 0.15) is 11.4 Å². The van der Waals surface area contributed by atoms with E-state index in [-0.39, 0.29) is 11.4 Å². The van der Waals surface area contributed by atoms with Gasteiger partial charge in [0.2, 0.25) is 9.05 Å². The lowest BCUT2D eigenvalue weighted by Crippen LogP contribution is -1.94. The molecule has 2 aromatic rings. The Balaban J connectivity index is 2.23. The Morgan fingerprint density at radius 2 is 2.29 bits per heavy atom. The predicted molar refractivity (Wildman–Crippen MR) is 59.7 cm³/mol. The van der Waals surface area contributed by atoms with Crippen LogP contribution in [0, 0.1) is 0 Å². The fourth-order valence-electron chi connectivity index (χ4n) is 1.24. The minimum Gasteiger partial charge on any atom is -0.354 e. The van der Waals surface area contributed by atoms with Crippen molar-refractivity contribution in [2.75, 3.05) is 0 Å². The molecule has 0 saturated carbocycles. The summed E-state index contributed by atoms with van der Waals surface area (Å²) in [5.74, 6) is -0.0139. The molecule has 17 heavy (non-hydrogen) atoms. The Bertz CT molecular complexity index is 618. The van der Waals surface area contributed by atoms with E-state index in [4.69, 9.17) is 15.2 Å². The van der Waals surface area contributed by atoms with Gasteiger partial charge in [-0.1, -0.05) is 10.4 Å². The third-order valence-corrected chi connectivity index (χ3v) is 2.96. The van der Waals surface area contributed by atoms with Crippen LogP contribution in [0.2, 0.25) is 0 Å². The second-order valence-corrected chi connectivity index (χ2v) is 6.10. The first kappa shape index (κ1) is 12.1. The molecule has 9 heteroatoms. The van der Waals surface area contributed by atoms with E-state index in [0.29, 0.717) is 18.0 Å². The maximum atomic E-state index is 10.8. The molecule has 0 aliphatic heterocycles. The average Bonchev–Trinajstić information content (AvgIpc) is 2.82. The topological polar surface area (TPSA) is 90.9 Å². The lowest BCUT2D eigenvalue weighted by atomic mass is 10.3. The number of nitrogens with zero attached hydrogens (tertiary/aromatic N) is 4. The van der Waals surface area contributed by atoms with Crippen molar-refractivity contribution in [1.82, 2.24) is 20.2 Å². The van der Waals surface area contributed by atoms with Crippen LogP contribution in [0.5, 0.6) is 0 Å². The van der Waals surface area contributed by atoms with Gasteiger partial charge in [-0.15, -0.1) is 5.10 Å². The molecule has 0 saturated heterocycles. The molecule has 0 amide bonds. The Kier molecular flexibility index (Phi) is 3.16. The highest BCUT2D eigenvalue weighted by molar-refractivity contribution is 8.13. The maximum Gasteiger partial charge on any atom is 0.238 e. The van der Waals surface area contributed by atoms with E-state index in [1.54, 1.807) is 10.9 Å². The summed E-state index contributed by atoms with van der Waals surface area (Å²) in [6, 6.07) is 1.48. The number of rotatable bonds is 4. The molecule has 0 radical (unpaired) electrons. The van der Waals surface area contributed by atoms with Crippen LogP contribution in [0.3, 0.4) is 0 Å². The van der Waals surface area contributed by atoms with E-state index in [0.717, 1.165) is 0 Å². The summed E-state index contributed by atoms with van der Waals surface area (Å²) in [6.45, 7) is 2.61.